The number of aromatic nitrogens is 3. The van der Waals surface area contributed by atoms with Crippen molar-refractivity contribution >= 4 is 27.0 Å². The molecule has 1 aliphatic heterocycles. The average molecular weight is 708 g/mol. The van der Waals surface area contributed by atoms with Crippen LogP contribution in [0.15, 0.2) is 108 Å². The van der Waals surface area contributed by atoms with E-state index >= 15 is 0 Å². The number of piperazine rings is 1. The SMILES string of the molecule is Cc1nc2cnccc2n1Cc1ccc(S(=O)(=O)N(C)[C@H](CNC(=O)CN2CCN(C(c3ccccc3)c3ccccc3)CC2)CC(C)C)cc1. The van der Waals surface area contributed by atoms with Crippen LogP contribution in [-0.4, -0.2) is 95.3 Å². The Balaban J connectivity index is 1.05. The molecule has 1 saturated heterocycles. The minimum Gasteiger partial charge on any atom is -0.353 e. The predicted molar refractivity (Wildman–Crippen MR) is 202 cm³/mol. The van der Waals surface area contributed by atoms with Crippen LogP contribution in [0.3, 0.4) is 0 Å². The summed E-state index contributed by atoms with van der Waals surface area (Å²) in [7, 11) is -2.18. The number of benzene rings is 3. The standard InChI is InChI=1S/C40H49N7O3S/c1-30(2)25-35(44(4)51(49,50)36-17-15-32(16-18-36)28-47-31(3)43-37-27-41-20-19-38(37)47)26-42-39(48)29-45-21-23-46(24-22-45)40(33-11-7-5-8-12-33)34-13-9-6-10-14-34/h5-20,27,30,35,40H,21-26,28-29H2,1-4H3,(H,42,48)/t35-/m0/s1. The number of hydrogen-bond acceptors (Lipinski definition) is 7. The van der Waals surface area contributed by atoms with Crippen molar-refractivity contribution in [1.29, 1.82) is 0 Å². The van der Waals surface area contributed by atoms with Crippen molar-refractivity contribution < 1.29 is 13.2 Å². The Morgan fingerprint density at radius 1 is 0.882 bits per heavy atom. The van der Waals surface area contributed by atoms with Crippen molar-refractivity contribution in [3.63, 3.8) is 0 Å². The Bertz CT molecular complexity index is 1950. The van der Waals surface area contributed by atoms with Crippen LogP contribution in [0.25, 0.3) is 11.0 Å². The van der Waals surface area contributed by atoms with Gasteiger partial charge in [-0.2, -0.15) is 4.31 Å². The molecule has 1 amide bonds. The van der Waals surface area contributed by atoms with Crippen LogP contribution in [0, 0.1) is 12.8 Å². The minimum atomic E-state index is -3.80. The molecule has 1 fully saturated rings. The smallest absolute Gasteiger partial charge is 0.243 e. The summed E-state index contributed by atoms with van der Waals surface area (Å²) in [5.74, 6) is 1.02. The highest BCUT2D eigenvalue weighted by molar-refractivity contribution is 7.89. The molecule has 0 saturated carbocycles. The number of fused-ring (bicyclic) bond motifs is 1. The van der Waals surface area contributed by atoms with Crippen molar-refractivity contribution in [2.24, 2.45) is 5.92 Å². The van der Waals surface area contributed by atoms with Gasteiger partial charge in [-0.25, -0.2) is 13.4 Å². The third-order valence-electron chi connectivity index (χ3n) is 9.84. The largest absolute Gasteiger partial charge is 0.353 e. The van der Waals surface area contributed by atoms with Gasteiger partial charge in [-0.3, -0.25) is 19.6 Å². The third kappa shape index (κ3) is 8.73. The Labute approximate surface area is 302 Å². The number of rotatable bonds is 14. The highest BCUT2D eigenvalue weighted by Gasteiger charge is 2.30. The lowest BCUT2D eigenvalue weighted by atomic mass is 9.96. The maximum atomic E-state index is 13.8. The van der Waals surface area contributed by atoms with E-state index in [1.807, 2.05) is 37.3 Å². The van der Waals surface area contributed by atoms with Crippen molar-refractivity contribution in [3.8, 4) is 0 Å². The van der Waals surface area contributed by atoms with Gasteiger partial charge in [0.2, 0.25) is 15.9 Å². The number of imidazole rings is 1. The molecule has 5 aromatic rings. The molecule has 0 spiro atoms. The Hall–Kier alpha value is -4.42. The lowest BCUT2D eigenvalue weighted by molar-refractivity contribution is -0.122. The molecule has 51 heavy (non-hydrogen) atoms. The quantitative estimate of drug-likeness (QED) is 0.166. The molecule has 268 valence electrons. The minimum absolute atomic E-state index is 0.0897. The lowest BCUT2D eigenvalue weighted by Crippen LogP contribution is -2.51. The Kier molecular flexibility index (Phi) is 11.6. The molecule has 0 radical (unpaired) electrons. The number of hydrogen-bond donors (Lipinski definition) is 1. The van der Waals surface area contributed by atoms with Crippen LogP contribution in [0.2, 0.25) is 0 Å². The molecule has 11 heteroatoms. The zero-order valence-electron chi connectivity index (χ0n) is 30.0. The van der Waals surface area contributed by atoms with Crippen LogP contribution >= 0.6 is 0 Å². The van der Waals surface area contributed by atoms with Gasteiger partial charge in [0.05, 0.1) is 29.2 Å². The van der Waals surface area contributed by atoms with E-state index in [0.29, 0.717) is 13.0 Å². The van der Waals surface area contributed by atoms with Crippen molar-refractivity contribution in [3.05, 3.63) is 126 Å². The predicted octanol–water partition coefficient (Wildman–Crippen LogP) is 5.35. The topological polar surface area (TPSA) is 104 Å². The summed E-state index contributed by atoms with van der Waals surface area (Å²) in [4.78, 5) is 26.9. The number of aryl methyl sites for hydroxylation is 1. The molecule has 2 aromatic heterocycles. The van der Waals surface area contributed by atoms with Gasteiger partial charge in [-0.1, -0.05) is 86.6 Å². The number of likely N-dealkylation sites (N-methyl/N-ethyl adjacent to an activating group) is 1. The van der Waals surface area contributed by atoms with Gasteiger partial charge in [0, 0.05) is 58.6 Å². The maximum Gasteiger partial charge on any atom is 0.243 e. The van der Waals surface area contributed by atoms with Gasteiger partial charge < -0.3 is 9.88 Å². The fourth-order valence-electron chi connectivity index (χ4n) is 7.07. The summed E-state index contributed by atoms with van der Waals surface area (Å²) in [5.41, 5.74) is 5.31. The summed E-state index contributed by atoms with van der Waals surface area (Å²) >= 11 is 0. The van der Waals surface area contributed by atoms with Crippen LogP contribution in [0.4, 0.5) is 0 Å². The van der Waals surface area contributed by atoms with Gasteiger partial charge in [0.1, 0.15) is 11.3 Å². The van der Waals surface area contributed by atoms with E-state index in [2.05, 4.69) is 92.0 Å². The maximum absolute atomic E-state index is 13.8. The van der Waals surface area contributed by atoms with Gasteiger partial charge in [0.15, 0.2) is 0 Å². The molecule has 10 nitrogen and oxygen atoms in total. The van der Waals surface area contributed by atoms with E-state index in [0.717, 1.165) is 48.6 Å². The number of sulfonamides is 1. The Morgan fingerprint density at radius 2 is 1.51 bits per heavy atom. The van der Waals surface area contributed by atoms with Crippen molar-refractivity contribution in [1.82, 2.24) is 34.0 Å². The molecule has 3 heterocycles. The van der Waals surface area contributed by atoms with E-state index < -0.39 is 10.0 Å². The van der Waals surface area contributed by atoms with E-state index in [-0.39, 0.29) is 41.9 Å². The monoisotopic (exact) mass is 707 g/mol. The van der Waals surface area contributed by atoms with Crippen LogP contribution in [0.5, 0.6) is 0 Å². The highest BCUT2D eigenvalue weighted by Crippen LogP contribution is 2.29. The second-order valence-corrected chi connectivity index (χ2v) is 15.9. The molecular formula is C40H49N7O3S. The first-order valence-electron chi connectivity index (χ1n) is 17.8. The first-order valence-corrected chi connectivity index (χ1v) is 19.2. The first-order chi connectivity index (χ1) is 24.6. The number of pyridine rings is 1. The number of carbonyl (C=O) groups excluding carboxylic acids is 1. The molecule has 1 aliphatic rings. The van der Waals surface area contributed by atoms with Crippen molar-refractivity contribution in [2.75, 3.05) is 46.3 Å². The number of nitrogens with zero attached hydrogens (tertiary/aromatic N) is 6. The van der Waals surface area contributed by atoms with E-state index in [4.69, 9.17) is 0 Å². The summed E-state index contributed by atoms with van der Waals surface area (Å²) in [6, 6.07) is 29.9. The molecule has 6 rings (SSSR count). The molecule has 0 unspecified atom stereocenters. The number of amides is 1. The van der Waals surface area contributed by atoms with Gasteiger partial charge in [-0.15, -0.1) is 0 Å². The molecule has 0 aliphatic carbocycles. The molecular weight excluding hydrogens is 659 g/mol. The van der Waals surface area contributed by atoms with Gasteiger partial charge in [0.25, 0.3) is 0 Å². The summed E-state index contributed by atoms with van der Waals surface area (Å²) in [6.45, 7) is 10.4. The fourth-order valence-corrected chi connectivity index (χ4v) is 8.44. The Morgan fingerprint density at radius 3 is 2.12 bits per heavy atom. The summed E-state index contributed by atoms with van der Waals surface area (Å²) in [6.07, 6.45) is 4.11. The first kappa shape index (κ1) is 36.4. The molecule has 1 atom stereocenters. The van der Waals surface area contributed by atoms with E-state index in [1.54, 1.807) is 31.6 Å². The lowest BCUT2D eigenvalue weighted by Gasteiger charge is -2.39. The number of nitrogens with one attached hydrogen (secondary N) is 1. The summed E-state index contributed by atoms with van der Waals surface area (Å²) < 4.78 is 31.2. The highest BCUT2D eigenvalue weighted by atomic mass is 32.2. The third-order valence-corrected chi connectivity index (χ3v) is 11.8. The van der Waals surface area contributed by atoms with Crippen LogP contribution < -0.4 is 5.32 Å². The van der Waals surface area contributed by atoms with Crippen LogP contribution in [-0.2, 0) is 21.4 Å². The van der Waals surface area contributed by atoms with E-state index in [9.17, 15) is 13.2 Å². The zero-order valence-corrected chi connectivity index (χ0v) is 30.8. The molecule has 3 aromatic carbocycles. The molecule has 0 bridgehead atoms. The zero-order chi connectivity index (χ0) is 36.0. The average Bonchev–Trinajstić information content (AvgIpc) is 3.45. The number of carbonyl (C=O) groups is 1. The fraction of sp³-hybridized carbons (Fsp3) is 0.375. The van der Waals surface area contributed by atoms with Gasteiger partial charge >= 0.3 is 0 Å². The van der Waals surface area contributed by atoms with E-state index in [1.165, 1.54) is 15.4 Å². The van der Waals surface area contributed by atoms with Crippen molar-refractivity contribution in [2.45, 2.75) is 50.7 Å². The molecule has 1 N–H and O–H groups in total. The second-order valence-electron chi connectivity index (χ2n) is 13.9. The van der Waals surface area contributed by atoms with Gasteiger partial charge in [-0.05, 0) is 54.2 Å². The normalized spacial score (nSPS) is 15.2. The summed E-state index contributed by atoms with van der Waals surface area (Å²) in [5, 5.41) is 3.07. The second kappa shape index (κ2) is 16.3. The van der Waals surface area contributed by atoms with Crippen LogP contribution in [0.1, 0.15) is 48.8 Å².